The molecule has 0 aliphatic rings. The molecule has 0 spiro atoms. The SMILES string of the molecule is C#CCNC(=O)COC(=O)c1cc(-c2cc(C)oc2C)nc2c1cnn2C(C)C. The number of hydrogen-bond donors (Lipinski definition) is 1. The lowest BCUT2D eigenvalue weighted by atomic mass is 10.1. The highest BCUT2D eigenvalue weighted by atomic mass is 16.5. The van der Waals surface area contributed by atoms with Gasteiger partial charge in [0.2, 0.25) is 0 Å². The van der Waals surface area contributed by atoms with E-state index in [-0.39, 0.29) is 18.2 Å². The number of rotatable bonds is 6. The Morgan fingerprint density at radius 2 is 2.10 bits per heavy atom. The molecule has 8 nitrogen and oxygen atoms in total. The number of esters is 1. The Hall–Kier alpha value is -3.60. The summed E-state index contributed by atoms with van der Waals surface area (Å²) in [6.45, 7) is 7.27. The van der Waals surface area contributed by atoms with E-state index in [0.717, 1.165) is 11.3 Å². The summed E-state index contributed by atoms with van der Waals surface area (Å²) in [5.74, 6) is 2.61. The molecule has 0 radical (unpaired) electrons. The first-order valence-electron chi connectivity index (χ1n) is 9.14. The summed E-state index contributed by atoms with van der Waals surface area (Å²) in [6.07, 6.45) is 6.68. The van der Waals surface area contributed by atoms with Crippen LogP contribution in [0.1, 0.15) is 41.8 Å². The average Bonchev–Trinajstić information content (AvgIpc) is 3.26. The lowest BCUT2D eigenvalue weighted by Gasteiger charge is -2.10. The van der Waals surface area contributed by atoms with Crippen LogP contribution in [0.3, 0.4) is 0 Å². The number of aromatic nitrogens is 3. The zero-order valence-corrected chi connectivity index (χ0v) is 16.8. The second-order valence-electron chi connectivity index (χ2n) is 6.86. The molecular formula is C21H22N4O4. The van der Waals surface area contributed by atoms with Crippen LogP contribution in [-0.4, -0.2) is 39.8 Å². The van der Waals surface area contributed by atoms with E-state index in [1.165, 1.54) is 0 Å². The van der Waals surface area contributed by atoms with Crippen LogP contribution >= 0.6 is 0 Å². The molecular weight excluding hydrogens is 372 g/mol. The fourth-order valence-electron chi connectivity index (χ4n) is 3.00. The monoisotopic (exact) mass is 394 g/mol. The Balaban J connectivity index is 2.03. The Bertz CT molecular complexity index is 1120. The van der Waals surface area contributed by atoms with Crippen LogP contribution in [0.15, 0.2) is 22.7 Å². The molecule has 0 aromatic carbocycles. The maximum Gasteiger partial charge on any atom is 0.339 e. The number of amides is 1. The summed E-state index contributed by atoms with van der Waals surface area (Å²) in [5, 5.41) is 7.36. The summed E-state index contributed by atoms with van der Waals surface area (Å²) >= 11 is 0. The number of carbonyl (C=O) groups excluding carboxylic acids is 2. The highest BCUT2D eigenvalue weighted by molar-refractivity contribution is 6.04. The van der Waals surface area contributed by atoms with Crippen LogP contribution < -0.4 is 5.32 Å². The quantitative estimate of drug-likeness (QED) is 0.510. The smallest absolute Gasteiger partial charge is 0.339 e. The van der Waals surface area contributed by atoms with Gasteiger partial charge in [0.1, 0.15) is 11.5 Å². The summed E-state index contributed by atoms with van der Waals surface area (Å²) in [5.41, 5.74) is 2.18. The second kappa shape index (κ2) is 8.19. The van der Waals surface area contributed by atoms with Crippen molar-refractivity contribution < 1.29 is 18.7 Å². The number of aryl methyl sites for hydroxylation is 2. The van der Waals surface area contributed by atoms with E-state index < -0.39 is 18.5 Å². The number of hydrogen-bond acceptors (Lipinski definition) is 6. The Morgan fingerprint density at radius 3 is 2.72 bits per heavy atom. The zero-order valence-electron chi connectivity index (χ0n) is 16.8. The Labute approximate surface area is 168 Å². The van der Waals surface area contributed by atoms with Gasteiger partial charge in [-0.1, -0.05) is 5.92 Å². The molecule has 1 amide bonds. The first-order chi connectivity index (χ1) is 13.8. The number of terminal acetylenes is 1. The van der Waals surface area contributed by atoms with Gasteiger partial charge in [0.05, 0.1) is 29.4 Å². The van der Waals surface area contributed by atoms with Crippen molar-refractivity contribution in [2.24, 2.45) is 0 Å². The summed E-state index contributed by atoms with van der Waals surface area (Å²) < 4.78 is 12.5. The molecule has 3 aromatic rings. The van der Waals surface area contributed by atoms with Crippen molar-refractivity contribution in [2.75, 3.05) is 13.2 Å². The van der Waals surface area contributed by atoms with Gasteiger partial charge in [-0.15, -0.1) is 6.42 Å². The van der Waals surface area contributed by atoms with Gasteiger partial charge in [-0.3, -0.25) is 4.79 Å². The second-order valence-corrected chi connectivity index (χ2v) is 6.86. The van der Waals surface area contributed by atoms with E-state index in [1.807, 2.05) is 33.8 Å². The van der Waals surface area contributed by atoms with Crippen molar-refractivity contribution >= 4 is 22.9 Å². The molecule has 0 unspecified atom stereocenters. The van der Waals surface area contributed by atoms with Crippen molar-refractivity contribution in [2.45, 2.75) is 33.7 Å². The van der Waals surface area contributed by atoms with Crippen LogP contribution in [0.25, 0.3) is 22.3 Å². The van der Waals surface area contributed by atoms with Gasteiger partial charge in [0, 0.05) is 11.6 Å². The lowest BCUT2D eigenvalue weighted by molar-refractivity contribution is -0.123. The van der Waals surface area contributed by atoms with Gasteiger partial charge in [0.25, 0.3) is 5.91 Å². The van der Waals surface area contributed by atoms with Gasteiger partial charge >= 0.3 is 5.97 Å². The fourth-order valence-corrected chi connectivity index (χ4v) is 3.00. The number of carbonyl (C=O) groups is 2. The maximum absolute atomic E-state index is 12.8. The normalized spacial score (nSPS) is 10.9. The largest absolute Gasteiger partial charge is 0.466 e. The number of fused-ring (bicyclic) bond motifs is 1. The van der Waals surface area contributed by atoms with E-state index in [9.17, 15) is 9.59 Å². The number of ether oxygens (including phenoxy) is 1. The van der Waals surface area contributed by atoms with Crippen LogP contribution in [0, 0.1) is 26.2 Å². The van der Waals surface area contributed by atoms with Gasteiger partial charge in [-0.25, -0.2) is 14.5 Å². The molecule has 29 heavy (non-hydrogen) atoms. The topological polar surface area (TPSA) is 99.2 Å². The number of nitrogens with zero attached hydrogens (tertiary/aromatic N) is 3. The van der Waals surface area contributed by atoms with Gasteiger partial charge < -0.3 is 14.5 Å². The van der Waals surface area contributed by atoms with E-state index in [4.69, 9.17) is 20.6 Å². The predicted octanol–water partition coefficient (Wildman–Crippen LogP) is 2.80. The first kappa shape index (κ1) is 20.1. The third-order valence-electron chi connectivity index (χ3n) is 4.31. The average molecular weight is 394 g/mol. The standard InChI is InChI=1S/C21H22N4O4/c1-6-7-22-19(26)11-28-21(27)16-9-18(15-8-13(4)29-14(15)5)24-20-17(16)10-23-25(20)12(2)3/h1,8-10,12H,7,11H2,2-5H3,(H,22,26). The molecule has 1 N–H and O–H groups in total. The molecule has 3 heterocycles. The van der Waals surface area contributed by atoms with E-state index >= 15 is 0 Å². The van der Waals surface area contributed by atoms with Crippen molar-refractivity contribution in [3.63, 3.8) is 0 Å². The minimum atomic E-state index is -0.643. The fraction of sp³-hybridized carbons (Fsp3) is 0.333. The Morgan fingerprint density at radius 1 is 1.34 bits per heavy atom. The maximum atomic E-state index is 12.8. The van der Waals surface area contributed by atoms with Crippen LogP contribution in [0.5, 0.6) is 0 Å². The molecule has 0 saturated heterocycles. The number of furan rings is 1. The number of pyridine rings is 1. The molecule has 3 aromatic heterocycles. The van der Waals surface area contributed by atoms with Crippen molar-refractivity contribution in [3.8, 4) is 23.6 Å². The molecule has 0 aliphatic heterocycles. The lowest BCUT2D eigenvalue weighted by Crippen LogP contribution is -2.29. The van der Waals surface area contributed by atoms with Crippen LogP contribution in [-0.2, 0) is 9.53 Å². The first-order valence-corrected chi connectivity index (χ1v) is 9.14. The van der Waals surface area contributed by atoms with Crippen LogP contribution in [0.2, 0.25) is 0 Å². The minimum absolute atomic E-state index is 0.0424. The summed E-state index contributed by atoms with van der Waals surface area (Å²) in [6, 6.07) is 3.54. The van der Waals surface area contributed by atoms with E-state index in [1.54, 1.807) is 16.9 Å². The van der Waals surface area contributed by atoms with Gasteiger partial charge in [-0.05, 0) is 39.8 Å². The Kier molecular flexibility index (Phi) is 5.69. The highest BCUT2D eigenvalue weighted by Gasteiger charge is 2.21. The van der Waals surface area contributed by atoms with Crippen molar-refractivity contribution in [3.05, 3.63) is 35.4 Å². The molecule has 0 saturated carbocycles. The number of nitrogens with one attached hydrogen (secondary N) is 1. The van der Waals surface area contributed by atoms with Crippen molar-refractivity contribution in [1.29, 1.82) is 0 Å². The third-order valence-corrected chi connectivity index (χ3v) is 4.31. The van der Waals surface area contributed by atoms with Crippen molar-refractivity contribution in [1.82, 2.24) is 20.1 Å². The van der Waals surface area contributed by atoms with E-state index in [2.05, 4.69) is 16.3 Å². The molecule has 150 valence electrons. The summed E-state index contributed by atoms with van der Waals surface area (Å²) in [7, 11) is 0. The molecule has 0 fully saturated rings. The molecule has 0 aliphatic carbocycles. The molecule has 3 rings (SSSR count). The highest BCUT2D eigenvalue weighted by Crippen LogP contribution is 2.30. The van der Waals surface area contributed by atoms with Gasteiger partial charge in [0.15, 0.2) is 12.3 Å². The minimum Gasteiger partial charge on any atom is -0.466 e. The zero-order chi connectivity index (χ0) is 21.1. The molecule has 8 heteroatoms. The van der Waals surface area contributed by atoms with Gasteiger partial charge in [-0.2, -0.15) is 5.10 Å². The summed E-state index contributed by atoms with van der Waals surface area (Å²) in [4.78, 5) is 29.2. The molecule has 0 bridgehead atoms. The predicted molar refractivity (Wildman–Crippen MR) is 107 cm³/mol. The van der Waals surface area contributed by atoms with E-state index in [0.29, 0.717) is 22.5 Å². The third kappa shape index (κ3) is 4.14. The molecule has 0 atom stereocenters. The van der Waals surface area contributed by atoms with Crippen LogP contribution in [0.4, 0.5) is 0 Å².